The van der Waals surface area contributed by atoms with Crippen LogP contribution in [0.1, 0.15) is 11.5 Å². The zero-order valence-electron chi connectivity index (χ0n) is 9.68. The normalized spacial score (nSPS) is 18.6. The molecular weight excluding hydrogens is 371 g/mol. The highest BCUT2D eigenvalue weighted by atomic mass is 127. The van der Waals surface area contributed by atoms with Gasteiger partial charge in [0.25, 0.3) is 0 Å². The summed E-state index contributed by atoms with van der Waals surface area (Å²) in [5.41, 5.74) is 7.45. The lowest BCUT2D eigenvalue weighted by atomic mass is 9.84. The van der Waals surface area contributed by atoms with E-state index in [0.29, 0.717) is 16.2 Å². The number of nitriles is 2. The molecule has 0 saturated heterocycles. The van der Waals surface area contributed by atoms with E-state index in [1.165, 1.54) is 0 Å². The topological polar surface area (TPSA) is 85.6 Å². The highest BCUT2D eigenvalue weighted by Crippen LogP contribution is 2.38. The maximum atomic E-state index is 9.31. The molecule has 0 unspecified atom stereocenters. The molecule has 0 spiro atoms. The number of halogens is 1. The van der Waals surface area contributed by atoms with Gasteiger partial charge in [-0.1, -0.05) is 18.2 Å². The number of hydrogen-bond acceptors (Lipinski definition) is 5. The Hall–Kier alpha value is -1.64. The molecule has 0 aliphatic carbocycles. The first-order chi connectivity index (χ1) is 9.10. The molecule has 0 amide bonds. The van der Waals surface area contributed by atoms with Gasteiger partial charge >= 0.3 is 0 Å². The molecule has 19 heavy (non-hydrogen) atoms. The van der Waals surface area contributed by atoms with Crippen LogP contribution in [0.25, 0.3) is 0 Å². The number of nitrogens with two attached hydrogens (primary N) is 1. The summed E-state index contributed by atoms with van der Waals surface area (Å²) in [4.78, 5) is 0. The van der Waals surface area contributed by atoms with Gasteiger partial charge in [-0.15, -0.1) is 12.6 Å². The van der Waals surface area contributed by atoms with Gasteiger partial charge in [0.05, 0.1) is 34.2 Å². The molecule has 0 radical (unpaired) electrons. The lowest BCUT2D eigenvalue weighted by molar-refractivity contribution is 0.838. The molecular formula is C13H9IN4S. The molecule has 0 bridgehead atoms. The van der Waals surface area contributed by atoms with Crippen molar-refractivity contribution in [3.63, 3.8) is 0 Å². The Kier molecular flexibility index (Phi) is 4.03. The van der Waals surface area contributed by atoms with Crippen molar-refractivity contribution >= 4 is 35.2 Å². The van der Waals surface area contributed by atoms with Gasteiger partial charge in [0.1, 0.15) is 5.82 Å². The molecule has 1 atom stereocenters. The van der Waals surface area contributed by atoms with E-state index >= 15 is 0 Å². The van der Waals surface area contributed by atoms with Crippen molar-refractivity contribution in [2.24, 2.45) is 5.73 Å². The Balaban J connectivity index is 2.69. The zero-order valence-corrected chi connectivity index (χ0v) is 12.7. The summed E-state index contributed by atoms with van der Waals surface area (Å²) < 4.78 is 0.974. The van der Waals surface area contributed by atoms with Crippen molar-refractivity contribution in [3.05, 3.63) is 55.4 Å². The molecule has 1 aromatic carbocycles. The average Bonchev–Trinajstić information content (AvgIpc) is 2.38. The zero-order chi connectivity index (χ0) is 14.0. The van der Waals surface area contributed by atoms with Gasteiger partial charge in [0.15, 0.2) is 0 Å². The largest absolute Gasteiger partial charge is 0.384 e. The van der Waals surface area contributed by atoms with Crippen LogP contribution in [0.4, 0.5) is 0 Å². The average molecular weight is 380 g/mol. The van der Waals surface area contributed by atoms with Crippen molar-refractivity contribution in [2.75, 3.05) is 0 Å². The highest BCUT2D eigenvalue weighted by Gasteiger charge is 2.31. The van der Waals surface area contributed by atoms with Crippen LogP contribution in [0.2, 0.25) is 0 Å². The summed E-state index contributed by atoms with van der Waals surface area (Å²) in [5.74, 6) is -0.215. The summed E-state index contributed by atoms with van der Waals surface area (Å²) in [7, 11) is 0. The van der Waals surface area contributed by atoms with Crippen molar-refractivity contribution in [3.8, 4) is 12.1 Å². The van der Waals surface area contributed by atoms with Gasteiger partial charge in [-0.3, -0.25) is 0 Å². The first-order valence-electron chi connectivity index (χ1n) is 5.34. The first kappa shape index (κ1) is 13.8. The van der Waals surface area contributed by atoms with Crippen LogP contribution in [0, 0.1) is 26.2 Å². The summed E-state index contributed by atoms with van der Waals surface area (Å²) >= 11 is 6.42. The summed E-state index contributed by atoms with van der Waals surface area (Å²) in [6, 6.07) is 11.8. The van der Waals surface area contributed by atoms with Crippen molar-refractivity contribution < 1.29 is 0 Å². The minimum Gasteiger partial charge on any atom is -0.384 e. The molecule has 1 aliphatic rings. The number of thiol groups is 1. The molecule has 94 valence electrons. The molecule has 6 heteroatoms. The van der Waals surface area contributed by atoms with Gasteiger partial charge in [0, 0.05) is 3.57 Å². The Morgan fingerprint density at radius 2 is 1.84 bits per heavy atom. The van der Waals surface area contributed by atoms with E-state index in [4.69, 9.17) is 5.73 Å². The summed E-state index contributed by atoms with van der Waals surface area (Å²) in [6.07, 6.45) is 0. The van der Waals surface area contributed by atoms with Crippen LogP contribution in [0.15, 0.2) is 46.3 Å². The third-order valence-electron chi connectivity index (χ3n) is 2.83. The third kappa shape index (κ3) is 2.42. The van der Waals surface area contributed by atoms with Gasteiger partial charge in [-0.25, -0.2) is 0 Å². The Morgan fingerprint density at radius 3 is 2.42 bits per heavy atom. The van der Waals surface area contributed by atoms with Crippen molar-refractivity contribution in [1.82, 2.24) is 5.32 Å². The number of nitrogens with zero attached hydrogens (tertiary/aromatic N) is 2. The van der Waals surface area contributed by atoms with E-state index in [2.05, 4.69) is 52.7 Å². The minimum atomic E-state index is -0.461. The number of rotatable bonds is 1. The molecule has 3 N–H and O–H groups in total. The summed E-state index contributed by atoms with van der Waals surface area (Å²) in [5, 5.41) is 21.8. The SMILES string of the molecule is N#CC1=C(N)NC(S)=C(C#N)[C@@H]1c1ccccc1I. The Morgan fingerprint density at radius 1 is 1.21 bits per heavy atom. The summed E-state index contributed by atoms with van der Waals surface area (Å²) in [6.45, 7) is 0. The Labute approximate surface area is 130 Å². The molecule has 2 rings (SSSR count). The second-order valence-corrected chi connectivity index (χ2v) is 5.50. The molecule has 1 aromatic rings. The van der Waals surface area contributed by atoms with Gasteiger partial charge in [-0.05, 0) is 34.2 Å². The lowest BCUT2D eigenvalue weighted by Gasteiger charge is -2.25. The standard InChI is InChI=1S/C13H9IN4S/c14-10-4-2-1-3-7(10)11-8(5-15)12(17)18-13(19)9(11)6-16/h1-4,11,18-19H,17H2/t11-/m1/s1. The van der Waals surface area contributed by atoms with Gasteiger partial charge in [0.2, 0.25) is 0 Å². The maximum Gasteiger partial charge on any atom is 0.116 e. The van der Waals surface area contributed by atoms with Gasteiger partial charge < -0.3 is 11.1 Å². The number of benzene rings is 1. The fourth-order valence-electron chi connectivity index (χ4n) is 1.96. The number of allylic oxidation sites excluding steroid dienone is 2. The van der Waals surface area contributed by atoms with E-state index in [1.807, 2.05) is 24.3 Å². The Bertz CT molecular complexity index is 643. The van der Waals surface area contributed by atoms with E-state index in [-0.39, 0.29) is 5.82 Å². The predicted octanol–water partition coefficient (Wildman–Crippen LogP) is 2.34. The molecule has 0 fully saturated rings. The highest BCUT2D eigenvalue weighted by molar-refractivity contribution is 14.1. The molecule has 1 heterocycles. The van der Waals surface area contributed by atoms with E-state index in [1.54, 1.807) is 0 Å². The van der Waals surface area contributed by atoms with Crippen LogP contribution in [-0.4, -0.2) is 0 Å². The maximum absolute atomic E-state index is 9.31. The second kappa shape index (κ2) is 5.55. The molecule has 1 aliphatic heterocycles. The van der Waals surface area contributed by atoms with E-state index in [9.17, 15) is 10.5 Å². The monoisotopic (exact) mass is 380 g/mol. The predicted molar refractivity (Wildman–Crippen MR) is 83.5 cm³/mol. The molecule has 0 saturated carbocycles. The molecule has 0 aromatic heterocycles. The lowest BCUT2D eigenvalue weighted by Crippen LogP contribution is -2.28. The van der Waals surface area contributed by atoms with Crippen LogP contribution in [-0.2, 0) is 0 Å². The number of hydrogen-bond donors (Lipinski definition) is 3. The molecule has 4 nitrogen and oxygen atoms in total. The quantitative estimate of drug-likeness (QED) is 0.516. The van der Waals surface area contributed by atoms with E-state index in [0.717, 1.165) is 9.13 Å². The minimum absolute atomic E-state index is 0.246. The van der Waals surface area contributed by atoms with Crippen molar-refractivity contribution in [2.45, 2.75) is 5.92 Å². The van der Waals surface area contributed by atoms with Crippen LogP contribution < -0.4 is 11.1 Å². The number of dihydropyridines is 1. The fourth-order valence-corrected chi connectivity index (χ4v) is 2.96. The van der Waals surface area contributed by atoms with Gasteiger partial charge in [-0.2, -0.15) is 10.5 Å². The van der Waals surface area contributed by atoms with E-state index < -0.39 is 5.92 Å². The van der Waals surface area contributed by atoms with Crippen LogP contribution in [0.3, 0.4) is 0 Å². The smallest absolute Gasteiger partial charge is 0.116 e. The number of nitrogens with one attached hydrogen (secondary N) is 1. The van der Waals surface area contributed by atoms with Crippen LogP contribution >= 0.6 is 35.2 Å². The van der Waals surface area contributed by atoms with Crippen molar-refractivity contribution in [1.29, 1.82) is 10.5 Å². The van der Waals surface area contributed by atoms with Crippen LogP contribution in [0.5, 0.6) is 0 Å². The second-order valence-electron chi connectivity index (χ2n) is 3.89. The fraction of sp³-hybridized carbons (Fsp3) is 0.0769. The third-order valence-corrected chi connectivity index (χ3v) is 4.17. The first-order valence-corrected chi connectivity index (χ1v) is 6.87.